The van der Waals surface area contributed by atoms with E-state index in [4.69, 9.17) is 9.15 Å². The summed E-state index contributed by atoms with van der Waals surface area (Å²) in [4.78, 5) is 4.51. The second-order valence-electron chi connectivity index (χ2n) is 4.61. The number of fused-ring (bicyclic) bond motifs is 1. The normalized spacial score (nSPS) is 10.7. The fourth-order valence-corrected chi connectivity index (χ4v) is 2.01. The molecule has 0 spiro atoms. The topological polar surface area (TPSA) is 35.3 Å². The molecule has 0 unspecified atom stereocenters. The Morgan fingerprint density at radius 1 is 1.20 bits per heavy atom. The fraction of sp³-hybridized carbons (Fsp3) is 0.118. The number of hydrogen-bond donors (Lipinski definition) is 0. The van der Waals surface area contributed by atoms with Gasteiger partial charge in [0.15, 0.2) is 5.58 Å². The van der Waals surface area contributed by atoms with Gasteiger partial charge < -0.3 is 9.15 Å². The molecule has 1 heterocycles. The summed E-state index contributed by atoms with van der Waals surface area (Å²) >= 11 is 0. The number of aryl methyl sites for hydroxylation is 1. The number of benzene rings is 2. The zero-order valence-corrected chi connectivity index (χ0v) is 11.3. The van der Waals surface area contributed by atoms with Crippen molar-refractivity contribution in [2.75, 3.05) is 6.61 Å². The van der Waals surface area contributed by atoms with Crippen molar-refractivity contribution in [3.63, 3.8) is 0 Å². The van der Waals surface area contributed by atoms with Crippen LogP contribution in [0, 0.1) is 6.92 Å². The number of hydrogen-bond acceptors (Lipinski definition) is 3. The van der Waals surface area contributed by atoms with Gasteiger partial charge in [0.25, 0.3) is 0 Å². The molecule has 0 aliphatic heterocycles. The van der Waals surface area contributed by atoms with Crippen LogP contribution in [-0.2, 0) is 0 Å². The number of ether oxygens (including phenoxy) is 1. The third-order valence-electron chi connectivity index (χ3n) is 3.01. The van der Waals surface area contributed by atoms with E-state index in [2.05, 4.69) is 11.6 Å². The van der Waals surface area contributed by atoms with Crippen molar-refractivity contribution in [2.45, 2.75) is 6.92 Å². The van der Waals surface area contributed by atoms with Crippen molar-refractivity contribution in [3.8, 4) is 17.2 Å². The predicted octanol–water partition coefficient (Wildman–Crippen LogP) is 4.37. The highest BCUT2D eigenvalue weighted by atomic mass is 16.5. The predicted molar refractivity (Wildman–Crippen MR) is 79.9 cm³/mol. The Bertz CT molecular complexity index is 741. The standard InChI is InChI=1S/C17H15NO2/c1-3-10-19-14-7-5-13(6-8-14)17-18-15-11-12(2)4-9-16(15)20-17/h3-9,11H,1,10H2,2H3. The first kappa shape index (κ1) is 12.5. The number of oxazole rings is 1. The molecule has 0 amide bonds. The first-order valence-electron chi connectivity index (χ1n) is 6.47. The number of rotatable bonds is 4. The summed E-state index contributed by atoms with van der Waals surface area (Å²) < 4.78 is 11.2. The largest absolute Gasteiger partial charge is 0.490 e. The summed E-state index contributed by atoms with van der Waals surface area (Å²) in [5, 5.41) is 0. The van der Waals surface area contributed by atoms with E-state index in [1.165, 1.54) is 5.56 Å². The molecule has 0 aliphatic carbocycles. The molecule has 3 aromatic rings. The summed E-state index contributed by atoms with van der Waals surface area (Å²) in [6.07, 6.45) is 1.72. The van der Waals surface area contributed by atoms with Crippen LogP contribution < -0.4 is 4.74 Å². The Morgan fingerprint density at radius 3 is 2.75 bits per heavy atom. The number of nitrogens with zero attached hydrogens (tertiary/aromatic N) is 1. The van der Waals surface area contributed by atoms with Crippen LogP contribution in [0.2, 0.25) is 0 Å². The molecule has 20 heavy (non-hydrogen) atoms. The summed E-state index contributed by atoms with van der Waals surface area (Å²) in [6.45, 7) is 6.16. The van der Waals surface area contributed by atoms with Gasteiger partial charge in [-0.15, -0.1) is 0 Å². The number of aromatic nitrogens is 1. The Kier molecular flexibility index (Phi) is 3.25. The molecule has 3 rings (SSSR count). The van der Waals surface area contributed by atoms with Gasteiger partial charge in [-0.2, -0.15) is 0 Å². The molecular weight excluding hydrogens is 250 g/mol. The van der Waals surface area contributed by atoms with Gasteiger partial charge in [0.05, 0.1) is 0 Å². The van der Waals surface area contributed by atoms with Crippen LogP contribution in [0.5, 0.6) is 5.75 Å². The molecule has 0 aliphatic rings. The molecule has 0 saturated heterocycles. The van der Waals surface area contributed by atoms with Gasteiger partial charge in [-0.3, -0.25) is 0 Å². The first-order valence-corrected chi connectivity index (χ1v) is 6.47. The van der Waals surface area contributed by atoms with Crippen molar-refractivity contribution >= 4 is 11.1 Å². The zero-order valence-electron chi connectivity index (χ0n) is 11.3. The van der Waals surface area contributed by atoms with Crippen LogP contribution in [-0.4, -0.2) is 11.6 Å². The lowest BCUT2D eigenvalue weighted by Gasteiger charge is -2.02. The monoisotopic (exact) mass is 265 g/mol. The molecule has 0 bridgehead atoms. The van der Waals surface area contributed by atoms with E-state index >= 15 is 0 Å². The summed E-state index contributed by atoms with van der Waals surface area (Å²) in [6, 6.07) is 13.7. The molecule has 0 fully saturated rings. The lowest BCUT2D eigenvalue weighted by Crippen LogP contribution is -1.92. The Balaban J connectivity index is 1.92. The highest BCUT2D eigenvalue weighted by molar-refractivity contribution is 5.76. The third-order valence-corrected chi connectivity index (χ3v) is 3.01. The minimum atomic E-state index is 0.501. The molecule has 3 heteroatoms. The van der Waals surface area contributed by atoms with Crippen LogP contribution in [0.3, 0.4) is 0 Å². The van der Waals surface area contributed by atoms with Crippen LogP contribution in [0.4, 0.5) is 0 Å². The second-order valence-corrected chi connectivity index (χ2v) is 4.61. The van der Waals surface area contributed by atoms with E-state index in [0.717, 1.165) is 22.4 Å². The van der Waals surface area contributed by atoms with Gasteiger partial charge in [-0.25, -0.2) is 4.98 Å². The van der Waals surface area contributed by atoms with E-state index in [9.17, 15) is 0 Å². The highest BCUT2D eigenvalue weighted by Crippen LogP contribution is 2.26. The smallest absolute Gasteiger partial charge is 0.227 e. The molecule has 0 N–H and O–H groups in total. The minimum absolute atomic E-state index is 0.501. The zero-order chi connectivity index (χ0) is 13.9. The maximum Gasteiger partial charge on any atom is 0.227 e. The molecule has 0 saturated carbocycles. The average Bonchev–Trinajstić information content (AvgIpc) is 2.88. The van der Waals surface area contributed by atoms with Crippen molar-refractivity contribution < 1.29 is 9.15 Å². The second kappa shape index (κ2) is 5.21. The molecule has 3 nitrogen and oxygen atoms in total. The summed E-state index contributed by atoms with van der Waals surface area (Å²) in [7, 11) is 0. The quantitative estimate of drug-likeness (QED) is 0.657. The molecule has 1 aromatic heterocycles. The van der Waals surface area contributed by atoms with E-state index in [1.54, 1.807) is 6.08 Å². The Morgan fingerprint density at radius 2 is 2.00 bits per heavy atom. The van der Waals surface area contributed by atoms with E-state index in [1.807, 2.05) is 49.4 Å². The van der Waals surface area contributed by atoms with Crippen LogP contribution >= 0.6 is 0 Å². The van der Waals surface area contributed by atoms with Crippen molar-refractivity contribution in [3.05, 3.63) is 60.7 Å². The highest BCUT2D eigenvalue weighted by Gasteiger charge is 2.08. The molecule has 2 aromatic carbocycles. The molecule has 0 atom stereocenters. The van der Waals surface area contributed by atoms with Crippen LogP contribution in [0.25, 0.3) is 22.6 Å². The average molecular weight is 265 g/mol. The third kappa shape index (κ3) is 2.43. The van der Waals surface area contributed by atoms with E-state index in [-0.39, 0.29) is 0 Å². The SMILES string of the molecule is C=CCOc1ccc(-c2nc3cc(C)ccc3o2)cc1. The van der Waals surface area contributed by atoms with Gasteiger partial charge in [0.2, 0.25) is 5.89 Å². The van der Waals surface area contributed by atoms with Gasteiger partial charge in [0.1, 0.15) is 17.9 Å². The van der Waals surface area contributed by atoms with E-state index < -0.39 is 0 Å². The fourth-order valence-electron chi connectivity index (χ4n) is 2.01. The Hall–Kier alpha value is -2.55. The van der Waals surface area contributed by atoms with Gasteiger partial charge in [-0.1, -0.05) is 18.7 Å². The molecular formula is C17H15NO2. The summed E-state index contributed by atoms with van der Waals surface area (Å²) in [5.74, 6) is 1.43. The van der Waals surface area contributed by atoms with Gasteiger partial charge in [0, 0.05) is 5.56 Å². The van der Waals surface area contributed by atoms with E-state index in [0.29, 0.717) is 12.5 Å². The maximum absolute atomic E-state index is 5.76. The van der Waals surface area contributed by atoms with Gasteiger partial charge >= 0.3 is 0 Å². The van der Waals surface area contributed by atoms with Crippen LogP contribution in [0.1, 0.15) is 5.56 Å². The lowest BCUT2D eigenvalue weighted by molar-refractivity contribution is 0.363. The van der Waals surface area contributed by atoms with Gasteiger partial charge in [-0.05, 0) is 48.9 Å². The molecule has 0 radical (unpaired) electrons. The lowest BCUT2D eigenvalue weighted by atomic mass is 10.2. The first-order chi connectivity index (χ1) is 9.76. The molecule has 100 valence electrons. The maximum atomic E-state index is 5.76. The minimum Gasteiger partial charge on any atom is -0.490 e. The van der Waals surface area contributed by atoms with Crippen molar-refractivity contribution in [1.82, 2.24) is 4.98 Å². The summed E-state index contributed by atoms with van der Waals surface area (Å²) in [5.41, 5.74) is 3.79. The Labute approximate surface area is 117 Å². The van der Waals surface area contributed by atoms with Crippen molar-refractivity contribution in [1.29, 1.82) is 0 Å². The van der Waals surface area contributed by atoms with Crippen molar-refractivity contribution in [2.24, 2.45) is 0 Å². The van der Waals surface area contributed by atoms with Crippen LogP contribution in [0.15, 0.2) is 59.5 Å².